The van der Waals surface area contributed by atoms with Gasteiger partial charge in [-0.25, -0.2) is 0 Å². The molecule has 0 spiro atoms. The number of ether oxygens (including phenoxy) is 2. The lowest BCUT2D eigenvalue weighted by Crippen LogP contribution is -2.30. The van der Waals surface area contributed by atoms with Gasteiger partial charge in [0.05, 0.1) is 25.4 Å². The number of aryl methyl sites for hydroxylation is 1. The zero-order chi connectivity index (χ0) is 14.5. The van der Waals surface area contributed by atoms with Crippen molar-refractivity contribution in [3.8, 4) is 5.75 Å². The maximum absolute atomic E-state index is 9.83. The minimum atomic E-state index is -0.526. The van der Waals surface area contributed by atoms with Gasteiger partial charge in [-0.2, -0.15) is 0 Å². The Balaban J connectivity index is 2.42. The molecule has 0 radical (unpaired) electrons. The number of aliphatic hydroxyl groups is 1. The summed E-state index contributed by atoms with van der Waals surface area (Å²) in [5.74, 6) is 0.863. The topological polar surface area (TPSA) is 50.7 Å². The molecular weight excluding hydrogens is 242 g/mol. The lowest BCUT2D eigenvalue weighted by Gasteiger charge is -2.22. The first-order valence-electron chi connectivity index (χ1n) is 6.52. The highest BCUT2D eigenvalue weighted by Gasteiger charge is 2.13. The molecule has 2 N–H and O–H groups in total. The predicted molar refractivity (Wildman–Crippen MR) is 77.9 cm³/mol. The molecule has 0 bridgehead atoms. The number of nitrogens with one attached hydrogen (secondary N) is 1. The number of methoxy groups -OCH3 is 1. The molecule has 1 aromatic carbocycles. The summed E-state index contributed by atoms with van der Waals surface area (Å²) >= 11 is 0. The van der Waals surface area contributed by atoms with Gasteiger partial charge in [-0.15, -0.1) is 0 Å². The van der Waals surface area contributed by atoms with Crippen LogP contribution in [0.3, 0.4) is 0 Å². The summed E-state index contributed by atoms with van der Waals surface area (Å²) in [5.41, 5.74) is 1.80. The van der Waals surface area contributed by atoms with E-state index in [1.807, 2.05) is 45.9 Å². The molecule has 0 heterocycles. The fourth-order valence-corrected chi connectivity index (χ4v) is 1.63. The molecule has 0 amide bonds. The van der Waals surface area contributed by atoms with Crippen LogP contribution in [0.4, 0.5) is 5.69 Å². The van der Waals surface area contributed by atoms with Gasteiger partial charge >= 0.3 is 0 Å². The highest BCUT2D eigenvalue weighted by molar-refractivity contribution is 5.50. The van der Waals surface area contributed by atoms with Gasteiger partial charge in [-0.3, -0.25) is 0 Å². The van der Waals surface area contributed by atoms with Crippen LogP contribution in [-0.2, 0) is 4.74 Å². The van der Waals surface area contributed by atoms with Crippen molar-refractivity contribution in [2.75, 3.05) is 25.6 Å². The van der Waals surface area contributed by atoms with E-state index in [1.165, 1.54) is 0 Å². The normalized spacial score (nSPS) is 13.2. The molecule has 4 heteroatoms. The summed E-state index contributed by atoms with van der Waals surface area (Å²) in [7, 11) is 1.66. The maximum Gasteiger partial charge on any atom is 0.121 e. The average molecular weight is 267 g/mol. The molecule has 0 saturated heterocycles. The fourth-order valence-electron chi connectivity index (χ4n) is 1.63. The molecule has 1 rings (SSSR count). The molecule has 0 fully saturated rings. The van der Waals surface area contributed by atoms with Gasteiger partial charge in [-0.05, 0) is 51.5 Å². The summed E-state index contributed by atoms with van der Waals surface area (Å²) in [4.78, 5) is 0. The fraction of sp³-hybridized carbons (Fsp3) is 0.600. The Labute approximate surface area is 115 Å². The first kappa shape index (κ1) is 15.8. The Hall–Kier alpha value is -1.26. The van der Waals surface area contributed by atoms with E-state index in [1.54, 1.807) is 7.11 Å². The second-order valence-corrected chi connectivity index (χ2v) is 5.64. The second kappa shape index (κ2) is 6.78. The van der Waals surface area contributed by atoms with Gasteiger partial charge in [-0.1, -0.05) is 0 Å². The third-order valence-corrected chi connectivity index (χ3v) is 2.65. The van der Waals surface area contributed by atoms with Gasteiger partial charge in [0, 0.05) is 12.2 Å². The standard InChI is InChI=1S/C15H25NO3/c1-11-8-12(6-7-14(11)18-5)16-9-13(17)10-19-15(2,3)4/h6-8,13,16-17H,9-10H2,1-5H3. The van der Waals surface area contributed by atoms with E-state index in [0.717, 1.165) is 17.0 Å². The third kappa shape index (κ3) is 5.94. The minimum absolute atomic E-state index is 0.225. The Bertz CT molecular complexity index is 399. The number of rotatable bonds is 6. The Morgan fingerprint density at radius 3 is 2.53 bits per heavy atom. The Morgan fingerprint density at radius 2 is 2.00 bits per heavy atom. The van der Waals surface area contributed by atoms with Crippen molar-refractivity contribution < 1.29 is 14.6 Å². The number of anilines is 1. The van der Waals surface area contributed by atoms with E-state index in [0.29, 0.717) is 13.2 Å². The summed E-state index contributed by atoms with van der Waals surface area (Å²) < 4.78 is 10.7. The number of aliphatic hydroxyl groups excluding tert-OH is 1. The number of hydrogen-bond acceptors (Lipinski definition) is 4. The van der Waals surface area contributed by atoms with Crippen LogP contribution in [0.25, 0.3) is 0 Å². The van der Waals surface area contributed by atoms with Gasteiger partial charge in [0.1, 0.15) is 5.75 Å². The SMILES string of the molecule is COc1ccc(NCC(O)COC(C)(C)C)cc1C. The number of hydrogen-bond donors (Lipinski definition) is 2. The quantitative estimate of drug-likeness (QED) is 0.832. The van der Waals surface area contributed by atoms with E-state index >= 15 is 0 Å². The molecule has 108 valence electrons. The van der Waals surface area contributed by atoms with E-state index in [-0.39, 0.29) is 5.60 Å². The largest absolute Gasteiger partial charge is 0.496 e. The molecule has 0 aliphatic rings. The van der Waals surface area contributed by atoms with E-state index < -0.39 is 6.10 Å². The summed E-state index contributed by atoms with van der Waals surface area (Å²) in [6, 6.07) is 5.84. The van der Waals surface area contributed by atoms with Gasteiger partial charge in [0.25, 0.3) is 0 Å². The van der Waals surface area contributed by atoms with E-state index in [9.17, 15) is 5.11 Å². The van der Waals surface area contributed by atoms with Crippen LogP contribution in [0.1, 0.15) is 26.3 Å². The predicted octanol–water partition coefficient (Wildman–Crippen LogP) is 2.59. The zero-order valence-corrected chi connectivity index (χ0v) is 12.5. The average Bonchev–Trinajstić information content (AvgIpc) is 2.33. The van der Waals surface area contributed by atoms with Crippen molar-refractivity contribution in [3.63, 3.8) is 0 Å². The molecule has 19 heavy (non-hydrogen) atoms. The Kier molecular flexibility index (Phi) is 5.63. The molecule has 1 unspecified atom stereocenters. The molecule has 0 aliphatic heterocycles. The maximum atomic E-state index is 9.83. The zero-order valence-electron chi connectivity index (χ0n) is 12.5. The first-order chi connectivity index (χ1) is 8.81. The van der Waals surface area contributed by atoms with Gasteiger partial charge in [0.2, 0.25) is 0 Å². The number of benzene rings is 1. The lowest BCUT2D eigenvalue weighted by molar-refractivity contribution is -0.0449. The van der Waals surface area contributed by atoms with Crippen LogP contribution in [0.2, 0.25) is 0 Å². The molecule has 1 aromatic rings. The minimum Gasteiger partial charge on any atom is -0.496 e. The highest BCUT2D eigenvalue weighted by atomic mass is 16.5. The molecule has 0 aliphatic carbocycles. The molecular formula is C15H25NO3. The van der Waals surface area contributed by atoms with Crippen molar-refractivity contribution in [3.05, 3.63) is 23.8 Å². The summed E-state index contributed by atoms with van der Waals surface area (Å²) in [6.07, 6.45) is -0.526. The van der Waals surface area contributed by atoms with E-state index in [2.05, 4.69) is 5.32 Å². The van der Waals surface area contributed by atoms with Crippen molar-refractivity contribution in [1.29, 1.82) is 0 Å². The summed E-state index contributed by atoms with van der Waals surface area (Å²) in [5, 5.41) is 13.0. The van der Waals surface area contributed by atoms with Crippen LogP contribution in [0.5, 0.6) is 5.75 Å². The lowest BCUT2D eigenvalue weighted by atomic mass is 10.2. The van der Waals surface area contributed by atoms with Crippen molar-refractivity contribution in [2.24, 2.45) is 0 Å². The highest BCUT2D eigenvalue weighted by Crippen LogP contribution is 2.21. The van der Waals surface area contributed by atoms with Gasteiger partial charge in [0.15, 0.2) is 0 Å². The van der Waals surface area contributed by atoms with Crippen molar-refractivity contribution >= 4 is 5.69 Å². The summed E-state index contributed by atoms with van der Waals surface area (Å²) in [6.45, 7) is 8.69. The first-order valence-corrected chi connectivity index (χ1v) is 6.52. The monoisotopic (exact) mass is 267 g/mol. The Morgan fingerprint density at radius 1 is 1.32 bits per heavy atom. The van der Waals surface area contributed by atoms with Crippen molar-refractivity contribution in [2.45, 2.75) is 39.4 Å². The molecule has 1 atom stereocenters. The van der Waals surface area contributed by atoms with Crippen LogP contribution in [0, 0.1) is 6.92 Å². The molecule has 4 nitrogen and oxygen atoms in total. The van der Waals surface area contributed by atoms with Crippen molar-refractivity contribution in [1.82, 2.24) is 0 Å². The van der Waals surface area contributed by atoms with Crippen LogP contribution in [-0.4, -0.2) is 37.1 Å². The van der Waals surface area contributed by atoms with Crippen LogP contribution < -0.4 is 10.1 Å². The third-order valence-electron chi connectivity index (χ3n) is 2.65. The van der Waals surface area contributed by atoms with Gasteiger partial charge < -0.3 is 19.9 Å². The van der Waals surface area contributed by atoms with Crippen LogP contribution in [0.15, 0.2) is 18.2 Å². The molecule has 0 saturated carbocycles. The van der Waals surface area contributed by atoms with Crippen LogP contribution >= 0.6 is 0 Å². The second-order valence-electron chi connectivity index (χ2n) is 5.64. The van der Waals surface area contributed by atoms with E-state index in [4.69, 9.17) is 9.47 Å². The smallest absolute Gasteiger partial charge is 0.121 e. The molecule has 0 aromatic heterocycles.